The Labute approximate surface area is 155 Å². The highest BCUT2D eigenvalue weighted by atomic mass is 79.9. The number of halogens is 1. The van der Waals surface area contributed by atoms with Gasteiger partial charge < -0.3 is 9.88 Å². The highest BCUT2D eigenvalue weighted by Gasteiger charge is 2.21. The molecule has 3 aromatic rings. The Balaban J connectivity index is 1.68. The number of nitrogens with zero attached hydrogens (tertiary/aromatic N) is 3. The maximum absolute atomic E-state index is 12.6. The van der Waals surface area contributed by atoms with E-state index in [9.17, 15) is 4.79 Å². The van der Waals surface area contributed by atoms with Gasteiger partial charge in [-0.25, -0.2) is 0 Å². The average molecular weight is 401 g/mol. The molecule has 2 aromatic heterocycles. The van der Waals surface area contributed by atoms with Crippen LogP contribution in [-0.4, -0.2) is 20.3 Å². The van der Waals surface area contributed by atoms with Crippen molar-refractivity contribution in [3.63, 3.8) is 0 Å². The summed E-state index contributed by atoms with van der Waals surface area (Å²) in [4.78, 5) is 12.6. The maximum atomic E-state index is 12.6. The molecule has 2 unspecified atom stereocenters. The maximum Gasteiger partial charge on any atom is 0.245 e. The fraction of sp³-hybridized carbons (Fsp3) is 0.263. The molecule has 0 fully saturated rings. The van der Waals surface area contributed by atoms with E-state index in [-0.39, 0.29) is 18.0 Å². The van der Waals surface area contributed by atoms with Crippen molar-refractivity contribution in [3.05, 3.63) is 71.2 Å². The first kappa shape index (κ1) is 17.5. The first-order valence-corrected chi connectivity index (χ1v) is 9.11. The number of rotatable bonds is 6. The van der Waals surface area contributed by atoms with E-state index in [1.165, 1.54) is 0 Å². The third-order valence-corrected chi connectivity index (χ3v) is 4.64. The molecule has 3 rings (SSSR count). The predicted octanol–water partition coefficient (Wildman–Crippen LogP) is 4.26. The van der Waals surface area contributed by atoms with Crippen molar-refractivity contribution in [2.45, 2.75) is 32.4 Å². The molecule has 0 spiro atoms. The number of aromatic nitrogens is 3. The van der Waals surface area contributed by atoms with E-state index in [2.05, 4.69) is 43.0 Å². The van der Waals surface area contributed by atoms with Crippen molar-refractivity contribution in [1.29, 1.82) is 0 Å². The summed E-state index contributed by atoms with van der Waals surface area (Å²) in [6, 6.07) is 11.8. The number of carbonyl (C=O) groups excluding carboxylic acids is 1. The first-order chi connectivity index (χ1) is 12.1. The van der Waals surface area contributed by atoms with Crippen LogP contribution in [0.1, 0.15) is 37.9 Å². The molecule has 0 bridgehead atoms. The van der Waals surface area contributed by atoms with Gasteiger partial charge in [0.15, 0.2) is 0 Å². The summed E-state index contributed by atoms with van der Waals surface area (Å²) in [5.41, 5.74) is 2.17. The molecule has 1 amide bonds. The van der Waals surface area contributed by atoms with E-state index in [0.717, 1.165) is 15.7 Å². The monoisotopic (exact) mass is 400 g/mol. The first-order valence-electron chi connectivity index (χ1n) is 8.32. The van der Waals surface area contributed by atoms with Crippen LogP contribution in [0.15, 0.2) is 65.7 Å². The van der Waals surface area contributed by atoms with Gasteiger partial charge in [0.25, 0.3) is 0 Å². The lowest BCUT2D eigenvalue weighted by molar-refractivity contribution is -0.125. The van der Waals surface area contributed by atoms with Gasteiger partial charge in [-0.2, -0.15) is 5.10 Å². The Kier molecular flexibility index (Phi) is 5.38. The van der Waals surface area contributed by atoms with Crippen LogP contribution in [0, 0.1) is 0 Å². The van der Waals surface area contributed by atoms with Crippen LogP contribution in [0.25, 0.3) is 5.69 Å². The summed E-state index contributed by atoms with van der Waals surface area (Å²) in [5, 5.41) is 7.32. The van der Waals surface area contributed by atoms with Crippen molar-refractivity contribution in [2.24, 2.45) is 0 Å². The molecule has 25 heavy (non-hydrogen) atoms. The van der Waals surface area contributed by atoms with Crippen LogP contribution in [-0.2, 0) is 4.79 Å². The van der Waals surface area contributed by atoms with Crippen molar-refractivity contribution >= 4 is 21.8 Å². The number of hydrogen-bond donors (Lipinski definition) is 1. The molecule has 0 aliphatic heterocycles. The van der Waals surface area contributed by atoms with Gasteiger partial charge >= 0.3 is 0 Å². The van der Waals surface area contributed by atoms with Gasteiger partial charge in [-0.3, -0.25) is 9.48 Å². The van der Waals surface area contributed by atoms with Gasteiger partial charge in [-0.15, -0.1) is 0 Å². The third-order valence-electron chi connectivity index (χ3n) is 4.23. The van der Waals surface area contributed by atoms with Gasteiger partial charge in [0.2, 0.25) is 5.91 Å². The van der Waals surface area contributed by atoms with Gasteiger partial charge in [-0.05, 0) is 59.1 Å². The van der Waals surface area contributed by atoms with E-state index in [1.807, 2.05) is 56.7 Å². The molecule has 130 valence electrons. The van der Waals surface area contributed by atoms with E-state index in [0.29, 0.717) is 6.42 Å². The van der Waals surface area contributed by atoms with E-state index in [1.54, 1.807) is 10.9 Å². The highest BCUT2D eigenvalue weighted by Crippen LogP contribution is 2.19. The second-order valence-electron chi connectivity index (χ2n) is 5.97. The molecule has 0 saturated heterocycles. The molecule has 1 aromatic carbocycles. The topological polar surface area (TPSA) is 51.9 Å². The van der Waals surface area contributed by atoms with Crippen molar-refractivity contribution in [2.75, 3.05) is 0 Å². The minimum absolute atomic E-state index is 0.0277. The van der Waals surface area contributed by atoms with Gasteiger partial charge in [-0.1, -0.05) is 19.1 Å². The SMILES string of the molecule is CCC(C(=O)NC(C)c1ccc(-n2cccc2)cc1)n1cc(Br)cn1. The third kappa shape index (κ3) is 4.02. The predicted molar refractivity (Wildman–Crippen MR) is 102 cm³/mol. The largest absolute Gasteiger partial charge is 0.348 e. The summed E-state index contributed by atoms with van der Waals surface area (Å²) in [7, 11) is 0. The van der Waals surface area contributed by atoms with Crippen LogP contribution < -0.4 is 5.32 Å². The minimum Gasteiger partial charge on any atom is -0.348 e. The highest BCUT2D eigenvalue weighted by molar-refractivity contribution is 9.10. The van der Waals surface area contributed by atoms with Gasteiger partial charge in [0.1, 0.15) is 6.04 Å². The normalized spacial score (nSPS) is 13.4. The fourth-order valence-corrected chi connectivity index (χ4v) is 3.11. The zero-order chi connectivity index (χ0) is 17.8. The molecule has 0 radical (unpaired) electrons. The molecule has 2 heterocycles. The molecule has 0 saturated carbocycles. The average Bonchev–Trinajstić information content (AvgIpc) is 3.28. The Morgan fingerprint density at radius 1 is 1.24 bits per heavy atom. The number of nitrogens with one attached hydrogen (secondary N) is 1. The van der Waals surface area contributed by atoms with Crippen LogP contribution >= 0.6 is 15.9 Å². The van der Waals surface area contributed by atoms with Crippen molar-refractivity contribution in [1.82, 2.24) is 19.7 Å². The molecule has 1 N–H and O–H groups in total. The number of benzene rings is 1. The second-order valence-corrected chi connectivity index (χ2v) is 6.89. The molecular weight excluding hydrogens is 380 g/mol. The lowest BCUT2D eigenvalue weighted by atomic mass is 10.1. The molecule has 0 aliphatic carbocycles. The van der Waals surface area contributed by atoms with Gasteiger partial charge in [0.05, 0.1) is 16.7 Å². The minimum atomic E-state index is -0.312. The lowest BCUT2D eigenvalue weighted by Gasteiger charge is -2.20. The Morgan fingerprint density at radius 2 is 1.92 bits per heavy atom. The van der Waals surface area contributed by atoms with Crippen molar-refractivity contribution in [3.8, 4) is 5.69 Å². The molecule has 2 atom stereocenters. The Hall–Kier alpha value is -2.34. The number of hydrogen-bond acceptors (Lipinski definition) is 2. The standard InChI is InChI=1S/C19H21BrN4O/c1-3-18(24-13-16(20)12-21-24)19(25)22-14(2)15-6-8-17(9-7-15)23-10-4-5-11-23/h4-14,18H,3H2,1-2H3,(H,22,25). The van der Waals surface area contributed by atoms with Crippen molar-refractivity contribution < 1.29 is 4.79 Å². The number of amides is 1. The van der Waals surface area contributed by atoms with Crippen LogP contribution in [0.5, 0.6) is 0 Å². The zero-order valence-electron chi connectivity index (χ0n) is 14.3. The number of carbonyl (C=O) groups is 1. The summed E-state index contributed by atoms with van der Waals surface area (Å²) in [6.07, 6.45) is 8.21. The van der Waals surface area contributed by atoms with Crippen LogP contribution in [0.2, 0.25) is 0 Å². The second kappa shape index (κ2) is 7.70. The smallest absolute Gasteiger partial charge is 0.245 e. The van der Waals surface area contributed by atoms with E-state index >= 15 is 0 Å². The Bertz CT molecular complexity index is 823. The molecular formula is C19H21BrN4O. The molecule has 5 nitrogen and oxygen atoms in total. The fourth-order valence-electron chi connectivity index (χ4n) is 2.81. The van der Waals surface area contributed by atoms with E-state index < -0.39 is 0 Å². The van der Waals surface area contributed by atoms with Crippen LogP contribution in [0.3, 0.4) is 0 Å². The summed E-state index contributed by atoms with van der Waals surface area (Å²) < 4.78 is 4.61. The molecule has 0 aliphatic rings. The molecule has 6 heteroatoms. The van der Waals surface area contributed by atoms with E-state index in [4.69, 9.17) is 0 Å². The van der Waals surface area contributed by atoms with Crippen LogP contribution in [0.4, 0.5) is 0 Å². The summed E-state index contributed by atoms with van der Waals surface area (Å²) in [6.45, 7) is 3.98. The Morgan fingerprint density at radius 3 is 2.48 bits per heavy atom. The summed E-state index contributed by atoms with van der Waals surface area (Å²) in [5.74, 6) is -0.0277. The van der Waals surface area contributed by atoms with Gasteiger partial charge in [0, 0.05) is 24.3 Å². The summed E-state index contributed by atoms with van der Waals surface area (Å²) >= 11 is 3.37. The quantitative estimate of drug-likeness (QED) is 0.671. The zero-order valence-corrected chi connectivity index (χ0v) is 15.8. The lowest BCUT2D eigenvalue weighted by Crippen LogP contribution is -2.34.